The van der Waals surface area contributed by atoms with Gasteiger partial charge in [0, 0.05) is 18.1 Å². The van der Waals surface area contributed by atoms with Gasteiger partial charge in [-0.25, -0.2) is 13.4 Å². The number of sulfonamides is 1. The number of hydrogen-bond acceptors (Lipinski definition) is 5. The lowest BCUT2D eigenvalue weighted by atomic mass is 10.1. The van der Waals surface area contributed by atoms with Crippen molar-refractivity contribution in [3.63, 3.8) is 0 Å². The molecule has 4 rings (SSSR count). The van der Waals surface area contributed by atoms with Gasteiger partial charge in [0.2, 0.25) is 10.0 Å². The summed E-state index contributed by atoms with van der Waals surface area (Å²) in [5, 5.41) is 1.17. The van der Waals surface area contributed by atoms with Crippen LogP contribution in [0, 0.1) is 6.92 Å². The minimum Gasteiger partial charge on any atom is -0.467 e. The minimum absolute atomic E-state index is 0.0254. The van der Waals surface area contributed by atoms with E-state index in [4.69, 9.17) is 16.3 Å². The van der Waals surface area contributed by atoms with Gasteiger partial charge in [-0.05, 0) is 55.7 Å². The molecule has 1 aromatic heterocycles. The monoisotopic (exact) mass is 422 g/mol. The second-order valence-corrected chi connectivity index (χ2v) is 9.94. The Morgan fingerprint density at radius 3 is 2.52 bits per heavy atom. The molecule has 2 heterocycles. The van der Waals surface area contributed by atoms with Crippen molar-refractivity contribution < 1.29 is 13.2 Å². The topological polar surface area (TPSA) is 59.5 Å². The van der Waals surface area contributed by atoms with Crippen molar-refractivity contribution in [2.24, 2.45) is 0 Å². The Labute approximate surface area is 167 Å². The van der Waals surface area contributed by atoms with Gasteiger partial charge in [0.05, 0.1) is 15.1 Å². The standard InChI is InChI=1S/C19H19ClN2O3S2/c1-13-3-2-4-17-18(13)21-19(26-17)25-15-9-11-22(12-10-15)27(23,24)16-7-5-14(20)6-8-16/h2-8,15H,9-12H2,1H3. The third-order valence-corrected chi connectivity index (χ3v) is 7.80. The first-order valence-electron chi connectivity index (χ1n) is 8.72. The number of benzene rings is 2. The molecule has 0 spiro atoms. The predicted octanol–water partition coefficient (Wildman–Crippen LogP) is 4.49. The van der Waals surface area contributed by atoms with E-state index in [0.717, 1.165) is 15.8 Å². The summed E-state index contributed by atoms with van der Waals surface area (Å²) in [6, 6.07) is 12.4. The number of nitrogens with zero attached hydrogens (tertiary/aromatic N) is 2. The van der Waals surface area contributed by atoms with Crippen LogP contribution in [0.1, 0.15) is 18.4 Å². The van der Waals surface area contributed by atoms with Gasteiger partial charge in [-0.2, -0.15) is 4.31 Å². The van der Waals surface area contributed by atoms with E-state index in [1.165, 1.54) is 15.6 Å². The molecule has 5 nitrogen and oxygen atoms in total. The van der Waals surface area contributed by atoms with Crippen molar-refractivity contribution >= 4 is 43.2 Å². The smallest absolute Gasteiger partial charge is 0.274 e. The number of rotatable bonds is 4. The summed E-state index contributed by atoms with van der Waals surface area (Å²) in [6.07, 6.45) is 1.26. The molecule has 0 radical (unpaired) electrons. The summed E-state index contributed by atoms with van der Waals surface area (Å²) in [7, 11) is -3.50. The number of halogens is 1. The van der Waals surface area contributed by atoms with E-state index in [2.05, 4.69) is 4.98 Å². The van der Waals surface area contributed by atoms with Gasteiger partial charge in [-0.15, -0.1) is 0 Å². The highest BCUT2D eigenvalue weighted by Gasteiger charge is 2.30. The van der Waals surface area contributed by atoms with Crippen LogP contribution in [-0.4, -0.2) is 36.9 Å². The second-order valence-electron chi connectivity index (χ2n) is 6.58. The zero-order valence-electron chi connectivity index (χ0n) is 14.8. The Morgan fingerprint density at radius 1 is 1.15 bits per heavy atom. The molecule has 0 bridgehead atoms. The average molecular weight is 423 g/mol. The molecular weight excluding hydrogens is 404 g/mol. The number of aryl methyl sites for hydroxylation is 1. The second kappa shape index (κ2) is 7.39. The zero-order valence-corrected chi connectivity index (χ0v) is 17.1. The molecule has 1 aliphatic heterocycles. The fourth-order valence-electron chi connectivity index (χ4n) is 3.20. The van der Waals surface area contributed by atoms with Crippen LogP contribution in [0.5, 0.6) is 5.19 Å². The van der Waals surface area contributed by atoms with Gasteiger partial charge < -0.3 is 4.74 Å². The van der Waals surface area contributed by atoms with E-state index < -0.39 is 10.0 Å². The Hall–Kier alpha value is -1.67. The predicted molar refractivity (Wildman–Crippen MR) is 108 cm³/mol. The summed E-state index contributed by atoms with van der Waals surface area (Å²) < 4.78 is 34.2. The molecular formula is C19H19ClN2O3S2. The molecule has 0 saturated carbocycles. The maximum Gasteiger partial charge on any atom is 0.274 e. The number of hydrogen-bond donors (Lipinski definition) is 0. The van der Waals surface area contributed by atoms with Crippen molar-refractivity contribution in [3.8, 4) is 5.19 Å². The van der Waals surface area contributed by atoms with Crippen LogP contribution >= 0.6 is 22.9 Å². The molecule has 27 heavy (non-hydrogen) atoms. The number of fused-ring (bicyclic) bond motifs is 1. The molecule has 8 heteroatoms. The van der Waals surface area contributed by atoms with Crippen LogP contribution in [0.3, 0.4) is 0 Å². The SMILES string of the molecule is Cc1cccc2sc(OC3CCN(S(=O)(=O)c4ccc(Cl)cc4)CC3)nc12. The Bertz CT molecular complexity index is 1060. The molecule has 1 aliphatic rings. The van der Waals surface area contributed by atoms with Crippen molar-refractivity contribution in [2.45, 2.75) is 30.8 Å². The highest BCUT2D eigenvalue weighted by molar-refractivity contribution is 7.89. The number of aromatic nitrogens is 1. The molecule has 142 valence electrons. The summed E-state index contributed by atoms with van der Waals surface area (Å²) in [4.78, 5) is 4.85. The summed E-state index contributed by atoms with van der Waals surface area (Å²) in [5.74, 6) is 0. The quantitative estimate of drug-likeness (QED) is 0.621. The van der Waals surface area contributed by atoms with Crippen LogP contribution in [-0.2, 0) is 10.0 Å². The lowest BCUT2D eigenvalue weighted by Crippen LogP contribution is -2.41. The van der Waals surface area contributed by atoms with Crippen molar-refractivity contribution in [3.05, 3.63) is 53.1 Å². The molecule has 0 amide bonds. The molecule has 3 aromatic rings. The molecule has 1 fully saturated rings. The van der Waals surface area contributed by atoms with Crippen molar-refractivity contribution in [2.75, 3.05) is 13.1 Å². The third-order valence-electron chi connectivity index (χ3n) is 4.72. The lowest BCUT2D eigenvalue weighted by Gasteiger charge is -2.30. The van der Waals surface area contributed by atoms with Crippen LogP contribution in [0.4, 0.5) is 0 Å². The number of para-hydroxylation sites is 1. The zero-order chi connectivity index (χ0) is 19.0. The van der Waals surface area contributed by atoms with E-state index in [-0.39, 0.29) is 11.0 Å². The average Bonchev–Trinajstić information content (AvgIpc) is 3.06. The van der Waals surface area contributed by atoms with E-state index in [0.29, 0.717) is 36.1 Å². The summed E-state index contributed by atoms with van der Waals surface area (Å²) >= 11 is 7.38. The molecule has 2 aromatic carbocycles. The minimum atomic E-state index is -3.50. The van der Waals surface area contributed by atoms with Gasteiger partial charge in [0.15, 0.2) is 0 Å². The number of thiazole rings is 1. The first-order valence-corrected chi connectivity index (χ1v) is 11.4. The Kier molecular flexibility index (Phi) is 5.11. The number of piperidine rings is 1. The van der Waals surface area contributed by atoms with Crippen LogP contribution < -0.4 is 4.74 Å². The highest BCUT2D eigenvalue weighted by atomic mass is 35.5. The molecule has 0 atom stereocenters. The van der Waals surface area contributed by atoms with Crippen LogP contribution in [0.2, 0.25) is 5.02 Å². The number of ether oxygens (including phenoxy) is 1. The van der Waals surface area contributed by atoms with Gasteiger partial charge >= 0.3 is 0 Å². The third kappa shape index (κ3) is 3.82. The van der Waals surface area contributed by atoms with E-state index in [9.17, 15) is 8.42 Å². The van der Waals surface area contributed by atoms with Gasteiger partial charge in [0.25, 0.3) is 5.19 Å². The maximum absolute atomic E-state index is 12.8. The molecule has 0 N–H and O–H groups in total. The first-order chi connectivity index (χ1) is 12.9. The van der Waals surface area contributed by atoms with Gasteiger partial charge in [0.1, 0.15) is 6.10 Å². The van der Waals surface area contributed by atoms with Crippen molar-refractivity contribution in [1.82, 2.24) is 9.29 Å². The van der Waals surface area contributed by atoms with E-state index in [1.54, 1.807) is 24.3 Å². The van der Waals surface area contributed by atoms with Crippen molar-refractivity contribution in [1.29, 1.82) is 0 Å². The normalized spacial score (nSPS) is 16.7. The molecule has 1 saturated heterocycles. The molecule has 0 unspecified atom stereocenters. The fraction of sp³-hybridized carbons (Fsp3) is 0.316. The Morgan fingerprint density at radius 2 is 1.85 bits per heavy atom. The van der Waals surface area contributed by atoms with E-state index >= 15 is 0 Å². The maximum atomic E-state index is 12.8. The summed E-state index contributed by atoms with van der Waals surface area (Å²) in [6.45, 7) is 2.89. The Balaban J connectivity index is 1.42. The highest BCUT2D eigenvalue weighted by Crippen LogP contribution is 2.32. The first kappa shape index (κ1) is 18.7. The largest absolute Gasteiger partial charge is 0.467 e. The van der Waals surface area contributed by atoms with E-state index in [1.807, 2.05) is 25.1 Å². The fourth-order valence-corrected chi connectivity index (χ4v) is 5.76. The molecule has 0 aliphatic carbocycles. The van der Waals surface area contributed by atoms with Crippen LogP contribution in [0.15, 0.2) is 47.4 Å². The van der Waals surface area contributed by atoms with Gasteiger partial charge in [-0.3, -0.25) is 0 Å². The van der Waals surface area contributed by atoms with Crippen LogP contribution in [0.25, 0.3) is 10.2 Å². The summed E-state index contributed by atoms with van der Waals surface area (Å²) in [5.41, 5.74) is 2.10. The lowest BCUT2D eigenvalue weighted by molar-refractivity contribution is 0.135. The van der Waals surface area contributed by atoms with Gasteiger partial charge in [-0.1, -0.05) is 35.1 Å².